The van der Waals surface area contributed by atoms with Gasteiger partial charge >= 0.3 is 0 Å². The molecule has 4 aromatic heterocycles. The molecule has 0 unspecified atom stereocenters. The van der Waals surface area contributed by atoms with E-state index < -0.39 is 0 Å². The smallest absolute Gasteiger partial charge is 0.145 e. The standard InChI is InChI=1S/C40H24N4S/c1-2-10-28-25(9-1)21-22-41-39(28)44-35-15-7-4-12-30(35)32-20-18-27(24-37(32)44)43-34-14-6-3-11-29(34)31-19-17-26(23-36(31)43)40-42-33-13-5-8-16-38(33)45-40/h1-24H. The van der Waals surface area contributed by atoms with Crippen LogP contribution in [0.25, 0.3) is 86.7 Å². The van der Waals surface area contributed by atoms with Gasteiger partial charge in [-0.2, -0.15) is 0 Å². The second-order valence-electron chi connectivity index (χ2n) is 11.5. The number of fused-ring (bicyclic) bond motifs is 8. The molecule has 0 saturated heterocycles. The SMILES string of the molecule is c1ccc2c(-n3c4ccccc4c4ccc(-n5c6ccccc6c6ccc(-c7nc8ccccc8s7)cc65)cc43)nccc2c1. The molecule has 0 aliphatic rings. The molecule has 0 fully saturated rings. The number of hydrogen-bond donors (Lipinski definition) is 0. The second kappa shape index (κ2) is 9.36. The quantitative estimate of drug-likeness (QED) is 0.205. The van der Waals surface area contributed by atoms with Crippen molar-refractivity contribution in [2.45, 2.75) is 0 Å². The normalized spacial score (nSPS) is 12.0. The van der Waals surface area contributed by atoms with Crippen LogP contribution in [0.3, 0.4) is 0 Å². The molecule has 4 heterocycles. The Balaban J connectivity index is 1.27. The molecule has 10 rings (SSSR count). The van der Waals surface area contributed by atoms with E-state index in [1.807, 2.05) is 6.20 Å². The zero-order valence-electron chi connectivity index (χ0n) is 24.1. The largest absolute Gasteiger partial charge is 0.309 e. The molecule has 210 valence electrons. The Bertz CT molecular complexity index is 2740. The number of nitrogens with zero attached hydrogens (tertiary/aromatic N) is 4. The molecule has 0 N–H and O–H groups in total. The third-order valence-electron chi connectivity index (χ3n) is 8.99. The fourth-order valence-electron chi connectivity index (χ4n) is 6.99. The number of thiazole rings is 1. The van der Waals surface area contributed by atoms with Gasteiger partial charge in [-0.25, -0.2) is 9.97 Å². The van der Waals surface area contributed by atoms with E-state index in [1.54, 1.807) is 11.3 Å². The molecule has 10 aromatic rings. The maximum absolute atomic E-state index is 4.98. The molecule has 0 aliphatic heterocycles. The number of pyridine rings is 1. The summed E-state index contributed by atoms with van der Waals surface area (Å²) < 4.78 is 5.93. The maximum Gasteiger partial charge on any atom is 0.145 e. The summed E-state index contributed by atoms with van der Waals surface area (Å²) in [5.74, 6) is 0.941. The minimum absolute atomic E-state index is 0.941. The van der Waals surface area contributed by atoms with Gasteiger partial charge in [0, 0.05) is 44.4 Å². The predicted molar refractivity (Wildman–Crippen MR) is 189 cm³/mol. The third-order valence-corrected chi connectivity index (χ3v) is 10.1. The number of aromatic nitrogens is 4. The topological polar surface area (TPSA) is 35.6 Å². The Kier molecular flexibility index (Phi) is 5.12. The number of para-hydroxylation sites is 3. The minimum Gasteiger partial charge on any atom is -0.309 e. The Morgan fingerprint density at radius 1 is 0.489 bits per heavy atom. The average Bonchev–Trinajstić information content (AvgIpc) is 3.78. The Hall–Kier alpha value is -5.78. The molecule has 0 bridgehead atoms. The van der Waals surface area contributed by atoms with Gasteiger partial charge in [-0.3, -0.25) is 4.57 Å². The van der Waals surface area contributed by atoms with Crippen LogP contribution in [0.15, 0.2) is 146 Å². The Morgan fingerprint density at radius 2 is 1.13 bits per heavy atom. The van der Waals surface area contributed by atoms with Gasteiger partial charge in [0.2, 0.25) is 0 Å². The van der Waals surface area contributed by atoms with E-state index in [4.69, 9.17) is 9.97 Å². The summed E-state index contributed by atoms with van der Waals surface area (Å²) in [5, 5.41) is 8.23. The molecule has 0 amide bonds. The van der Waals surface area contributed by atoms with Crippen LogP contribution >= 0.6 is 11.3 Å². The summed E-state index contributed by atoms with van der Waals surface area (Å²) in [6.45, 7) is 0. The van der Waals surface area contributed by atoms with Crippen LogP contribution in [-0.4, -0.2) is 19.1 Å². The van der Waals surface area contributed by atoms with Crippen LogP contribution < -0.4 is 0 Å². The van der Waals surface area contributed by atoms with Gasteiger partial charge < -0.3 is 4.57 Å². The Morgan fingerprint density at radius 3 is 1.96 bits per heavy atom. The van der Waals surface area contributed by atoms with Gasteiger partial charge in [0.15, 0.2) is 0 Å². The molecule has 0 saturated carbocycles. The van der Waals surface area contributed by atoms with Crippen molar-refractivity contribution in [2.75, 3.05) is 0 Å². The number of hydrogen-bond acceptors (Lipinski definition) is 3. The van der Waals surface area contributed by atoms with Crippen LogP contribution in [0.4, 0.5) is 0 Å². The highest BCUT2D eigenvalue weighted by Gasteiger charge is 2.19. The van der Waals surface area contributed by atoms with Gasteiger partial charge in [0.05, 0.1) is 32.3 Å². The summed E-state index contributed by atoms with van der Waals surface area (Å²) >= 11 is 1.74. The summed E-state index contributed by atoms with van der Waals surface area (Å²) in [5.41, 5.74) is 7.90. The summed E-state index contributed by atoms with van der Waals surface area (Å²) in [6.07, 6.45) is 1.92. The highest BCUT2D eigenvalue weighted by Crippen LogP contribution is 2.39. The predicted octanol–water partition coefficient (Wildman–Crippen LogP) is 10.7. The van der Waals surface area contributed by atoms with Crippen molar-refractivity contribution in [2.24, 2.45) is 0 Å². The molecule has 0 atom stereocenters. The van der Waals surface area contributed by atoms with E-state index in [-0.39, 0.29) is 0 Å². The fraction of sp³-hybridized carbons (Fsp3) is 0. The van der Waals surface area contributed by atoms with Gasteiger partial charge in [-0.05, 0) is 53.9 Å². The summed E-state index contributed by atoms with van der Waals surface area (Å²) in [7, 11) is 0. The van der Waals surface area contributed by atoms with Gasteiger partial charge in [0.1, 0.15) is 10.8 Å². The fourth-order valence-corrected chi connectivity index (χ4v) is 7.95. The zero-order chi connectivity index (χ0) is 29.5. The van der Waals surface area contributed by atoms with E-state index in [0.717, 1.165) is 44.0 Å². The van der Waals surface area contributed by atoms with Crippen LogP contribution in [0.5, 0.6) is 0 Å². The van der Waals surface area contributed by atoms with Crippen molar-refractivity contribution in [1.29, 1.82) is 0 Å². The maximum atomic E-state index is 4.98. The lowest BCUT2D eigenvalue weighted by molar-refractivity contribution is 1.10. The first-order valence-corrected chi connectivity index (χ1v) is 15.9. The van der Waals surface area contributed by atoms with Crippen LogP contribution in [0, 0.1) is 0 Å². The highest BCUT2D eigenvalue weighted by atomic mass is 32.1. The lowest BCUT2D eigenvalue weighted by Crippen LogP contribution is -1.99. The van der Waals surface area contributed by atoms with Crippen LogP contribution in [0.2, 0.25) is 0 Å². The van der Waals surface area contributed by atoms with Gasteiger partial charge in [-0.15, -0.1) is 11.3 Å². The van der Waals surface area contributed by atoms with Crippen molar-refractivity contribution < 1.29 is 0 Å². The third kappa shape index (κ3) is 3.59. The molecule has 0 aliphatic carbocycles. The minimum atomic E-state index is 0.941. The van der Waals surface area contributed by atoms with Crippen LogP contribution in [0.1, 0.15) is 0 Å². The Labute approximate surface area is 262 Å². The molecule has 4 nitrogen and oxygen atoms in total. The first kappa shape index (κ1) is 24.6. The average molecular weight is 593 g/mol. The molecule has 6 aromatic carbocycles. The van der Waals surface area contributed by atoms with E-state index >= 15 is 0 Å². The van der Waals surface area contributed by atoms with E-state index in [2.05, 4.69) is 149 Å². The number of rotatable bonds is 3. The molecule has 0 spiro atoms. The summed E-state index contributed by atoms with van der Waals surface area (Å²) in [6, 6.07) is 49.9. The lowest BCUT2D eigenvalue weighted by Gasteiger charge is -2.12. The van der Waals surface area contributed by atoms with Crippen molar-refractivity contribution in [3.05, 3.63) is 146 Å². The van der Waals surface area contributed by atoms with Crippen molar-refractivity contribution >= 4 is 75.9 Å². The molecule has 45 heavy (non-hydrogen) atoms. The second-order valence-corrected chi connectivity index (χ2v) is 12.5. The first-order chi connectivity index (χ1) is 22.3. The molecular weight excluding hydrogens is 569 g/mol. The van der Waals surface area contributed by atoms with Gasteiger partial charge in [-0.1, -0.05) is 91.0 Å². The van der Waals surface area contributed by atoms with Gasteiger partial charge in [0.25, 0.3) is 0 Å². The zero-order valence-corrected chi connectivity index (χ0v) is 24.9. The first-order valence-electron chi connectivity index (χ1n) is 15.1. The monoisotopic (exact) mass is 592 g/mol. The van der Waals surface area contributed by atoms with Crippen molar-refractivity contribution in [1.82, 2.24) is 19.1 Å². The molecule has 0 radical (unpaired) electrons. The van der Waals surface area contributed by atoms with Crippen molar-refractivity contribution in [3.8, 4) is 22.1 Å². The van der Waals surface area contributed by atoms with Crippen molar-refractivity contribution in [3.63, 3.8) is 0 Å². The van der Waals surface area contributed by atoms with E-state index in [1.165, 1.54) is 42.7 Å². The molecule has 5 heteroatoms. The van der Waals surface area contributed by atoms with E-state index in [9.17, 15) is 0 Å². The number of benzene rings is 6. The van der Waals surface area contributed by atoms with E-state index in [0.29, 0.717) is 0 Å². The highest BCUT2D eigenvalue weighted by molar-refractivity contribution is 7.21. The molecular formula is C40H24N4S. The van der Waals surface area contributed by atoms with Crippen LogP contribution in [-0.2, 0) is 0 Å². The lowest BCUT2D eigenvalue weighted by atomic mass is 10.1. The summed E-state index contributed by atoms with van der Waals surface area (Å²) in [4.78, 5) is 9.94.